The Bertz CT molecular complexity index is 893. The molecule has 0 spiro atoms. The Morgan fingerprint density at radius 3 is 2.62 bits per heavy atom. The molecule has 0 amide bonds. The van der Waals surface area contributed by atoms with Crippen molar-refractivity contribution in [1.82, 2.24) is 9.55 Å². The van der Waals surface area contributed by atoms with Gasteiger partial charge in [0, 0.05) is 13.6 Å². The summed E-state index contributed by atoms with van der Waals surface area (Å²) in [5, 5.41) is 8.79. The van der Waals surface area contributed by atoms with Gasteiger partial charge in [-0.15, -0.1) is 0 Å². The zero-order valence-corrected chi connectivity index (χ0v) is 15.0. The van der Waals surface area contributed by atoms with Crippen LogP contribution in [0.1, 0.15) is 25.3 Å². The van der Waals surface area contributed by atoms with Crippen LogP contribution in [0.2, 0.25) is 0 Å². The number of aromatic amines is 1. The third-order valence-corrected chi connectivity index (χ3v) is 4.01. The number of nitrogens with one attached hydrogen (secondary N) is 1. The minimum Gasteiger partial charge on any atom is -0.492 e. The summed E-state index contributed by atoms with van der Waals surface area (Å²) in [4.78, 5) is 28.1. The van der Waals surface area contributed by atoms with Crippen molar-refractivity contribution >= 4 is 11.5 Å². The third-order valence-electron chi connectivity index (χ3n) is 4.01. The van der Waals surface area contributed by atoms with Gasteiger partial charge in [0.1, 0.15) is 23.9 Å². The standard InChI is InChI=1S/C18H23N5O3/c1-3-4-9-23-16(20)15(17(24)21-18(23)25)22(2)10-11-26-14-7-5-13(12-19)6-8-14/h5-8H,3-4,9-11,20H2,1-2H3,(H,21,24,25). The number of nitriles is 1. The molecule has 1 heterocycles. The lowest BCUT2D eigenvalue weighted by Crippen LogP contribution is -2.38. The number of rotatable bonds is 8. The highest BCUT2D eigenvalue weighted by atomic mass is 16.5. The molecule has 0 unspecified atom stereocenters. The van der Waals surface area contributed by atoms with E-state index in [0.717, 1.165) is 12.8 Å². The van der Waals surface area contributed by atoms with Crippen LogP contribution < -0.4 is 26.6 Å². The normalized spacial score (nSPS) is 10.3. The van der Waals surface area contributed by atoms with Gasteiger partial charge in [-0.05, 0) is 30.7 Å². The number of benzene rings is 1. The highest BCUT2D eigenvalue weighted by Gasteiger charge is 2.16. The van der Waals surface area contributed by atoms with Crippen LogP contribution in [0.25, 0.3) is 0 Å². The van der Waals surface area contributed by atoms with Gasteiger partial charge >= 0.3 is 5.69 Å². The Kier molecular flexibility index (Phi) is 6.44. The number of aromatic nitrogens is 2. The van der Waals surface area contributed by atoms with Crippen molar-refractivity contribution in [3.05, 3.63) is 50.7 Å². The summed E-state index contributed by atoms with van der Waals surface area (Å²) in [7, 11) is 1.72. The van der Waals surface area contributed by atoms with E-state index < -0.39 is 11.2 Å². The van der Waals surface area contributed by atoms with Crippen LogP contribution in [0, 0.1) is 11.3 Å². The molecule has 8 heteroatoms. The molecule has 2 aromatic rings. The number of unbranched alkanes of at least 4 members (excludes halogenated alkanes) is 1. The first kappa shape index (κ1) is 19.1. The quantitative estimate of drug-likeness (QED) is 0.735. The molecule has 1 aromatic heterocycles. The fourth-order valence-corrected chi connectivity index (χ4v) is 2.52. The molecule has 3 N–H and O–H groups in total. The Balaban J connectivity index is 2.08. The maximum atomic E-state index is 12.2. The van der Waals surface area contributed by atoms with Gasteiger partial charge < -0.3 is 15.4 Å². The summed E-state index contributed by atoms with van der Waals surface area (Å²) in [6.45, 7) is 3.19. The summed E-state index contributed by atoms with van der Waals surface area (Å²) >= 11 is 0. The van der Waals surface area contributed by atoms with E-state index in [1.54, 1.807) is 36.2 Å². The lowest BCUT2D eigenvalue weighted by atomic mass is 10.2. The van der Waals surface area contributed by atoms with Crippen molar-refractivity contribution in [2.45, 2.75) is 26.3 Å². The number of hydrogen-bond donors (Lipinski definition) is 2. The van der Waals surface area contributed by atoms with E-state index in [0.29, 0.717) is 31.0 Å². The van der Waals surface area contributed by atoms with Gasteiger partial charge in [-0.25, -0.2) is 4.79 Å². The van der Waals surface area contributed by atoms with Crippen LogP contribution in [0.5, 0.6) is 5.75 Å². The molecular formula is C18H23N5O3. The van der Waals surface area contributed by atoms with Crippen molar-refractivity contribution in [3.63, 3.8) is 0 Å². The fourth-order valence-electron chi connectivity index (χ4n) is 2.52. The molecule has 138 valence electrons. The molecule has 0 aliphatic heterocycles. The van der Waals surface area contributed by atoms with E-state index in [1.165, 1.54) is 4.57 Å². The van der Waals surface area contributed by atoms with Crippen molar-refractivity contribution < 1.29 is 4.74 Å². The maximum absolute atomic E-state index is 12.2. The van der Waals surface area contributed by atoms with Gasteiger partial charge in [0.2, 0.25) is 0 Å². The summed E-state index contributed by atoms with van der Waals surface area (Å²) in [6, 6.07) is 8.81. The molecule has 2 rings (SSSR count). The number of hydrogen-bond acceptors (Lipinski definition) is 6. The van der Waals surface area contributed by atoms with E-state index in [4.69, 9.17) is 15.7 Å². The minimum atomic E-state index is -0.513. The van der Waals surface area contributed by atoms with E-state index >= 15 is 0 Å². The highest BCUT2D eigenvalue weighted by molar-refractivity contribution is 5.61. The Morgan fingerprint density at radius 2 is 2.00 bits per heavy atom. The zero-order chi connectivity index (χ0) is 19.1. The summed E-state index contributed by atoms with van der Waals surface area (Å²) in [5.74, 6) is 0.792. The lowest BCUT2D eigenvalue weighted by Gasteiger charge is -2.22. The Morgan fingerprint density at radius 1 is 1.31 bits per heavy atom. The van der Waals surface area contributed by atoms with Crippen LogP contribution in [0.3, 0.4) is 0 Å². The van der Waals surface area contributed by atoms with Gasteiger partial charge in [-0.3, -0.25) is 14.3 Å². The van der Waals surface area contributed by atoms with E-state index in [9.17, 15) is 9.59 Å². The van der Waals surface area contributed by atoms with Crippen LogP contribution >= 0.6 is 0 Å². The number of anilines is 2. The van der Waals surface area contributed by atoms with Crippen molar-refractivity contribution in [1.29, 1.82) is 5.26 Å². The molecule has 0 aliphatic carbocycles. The van der Waals surface area contributed by atoms with E-state index in [1.807, 2.05) is 13.0 Å². The van der Waals surface area contributed by atoms with Crippen molar-refractivity contribution in [2.75, 3.05) is 30.8 Å². The lowest BCUT2D eigenvalue weighted by molar-refractivity contribution is 0.326. The molecule has 1 aromatic carbocycles. The van der Waals surface area contributed by atoms with Crippen LogP contribution in [-0.2, 0) is 6.54 Å². The van der Waals surface area contributed by atoms with Crippen molar-refractivity contribution in [2.24, 2.45) is 0 Å². The van der Waals surface area contributed by atoms with Gasteiger partial charge in [0.25, 0.3) is 5.56 Å². The van der Waals surface area contributed by atoms with Gasteiger partial charge in [0.15, 0.2) is 0 Å². The van der Waals surface area contributed by atoms with Gasteiger partial charge in [-0.2, -0.15) is 5.26 Å². The average Bonchev–Trinajstić information content (AvgIpc) is 2.62. The minimum absolute atomic E-state index is 0.160. The monoisotopic (exact) mass is 357 g/mol. The first-order valence-corrected chi connectivity index (χ1v) is 8.44. The smallest absolute Gasteiger partial charge is 0.330 e. The van der Waals surface area contributed by atoms with Gasteiger partial charge in [0.05, 0.1) is 18.2 Å². The number of nitrogens with zero attached hydrogens (tertiary/aromatic N) is 3. The third kappa shape index (κ3) is 4.45. The molecule has 0 aliphatic rings. The predicted molar refractivity (Wildman–Crippen MR) is 101 cm³/mol. The molecular weight excluding hydrogens is 334 g/mol. The maximum Gasteiger partial charge on any atom is 0.330 e. The zero-order valence-electron chi connectivity index (χ0n) is 15.0. The second-order valence-electron chi connectivity index (χ2n) is 5.90. The number of nitrogens with two attached hydrogens (primary N) is 1. The molecule has 0 radical (unpaired) electrons. The summed E-state index contributed by atoms with van der Waals surface area (Å²) in [6.07, 6.45) is 1.70. The molecule has 0 bridgehead atoms. The first-order valence-electron chi connectivity index (χ1n) is 8.44. The SMILES string of the molecule is CCCCn1c(N)c(N(C)CCOc2ccc(C#N)cc2)c(=O)[nH]c1=O. The van der Waals surface area contributed by atoms with Gasteiger partial charge in [-0.1, -0.05) is 13.3 Å². The first-order chi connectivity index (χ1) is 12.5. The van der Waals surface area contributed by atoms with Crippen LogP contribution in [0.4, 0.5) is 11.5 Å². The molecule has 26 heavy (non-hydrogen) atoms. The molecule has 0 atom stereocenters. The molecule has 8 nitrogen and oxygen atoms in total. The number of nitrogen functional groups attached to an aromatic ring is 1. The second-order valence-corrected chi connectivity index (χ2v) is 5.90. The summed E-state index contributed by atoms with van der Waals surface area (Å²) in [5.41, 5.74) is 5.88. The predicted octanol–water partition coefficient (Wildman–Crippen LogP) is 1.31. The largest absolute Gasteiger partial charge is 0.492 e. The van der Waals surface area contributed by atoms with E-state index in [2.05, 4.69) is 4.98 Å². The molecule has 0 fully saturated rings. The number of likely N-dealkylation sites (N-methyl/N-ethyl adjacent to an activating group) is 1. The number of H-pyrrole nitrogens is 1. The van der Waals surface area contributed by atoms with Crippen LogP contribution in [-0.4, -0.2) is 29.8 Å². The highest BCUT2D eigenvalue weighted by Crippen LogP contribution is 2.16. The van der Waals surface area contributed by atoms with Crippen LogP contribution in [0.15, 0.2) is 33.9 Å². The number of ether oxygens (including phenoxy) is 1. The topological polar surface area (TPSA) is 117 Å². The Hall–Kier alpha value is -3.21. The van der Waals surface area contributed by atoms with Crippen molar-refractivity contribution in [3.8, 4) is 11.8 Å². The second kappa shape index (κ2) is 8.76. The summed E-state index contributed by atoms with van der Waals surface area (Å²) < 4.78 is 7.01. The molecule has 0 saturated carbocycles. The fraction of sp³-hybridized carbons (Fsp3) is 0.389. The van der Waals surface area contributed by atoms with E-state index in [-0.39, 0.29) is 11.5 Å². The average molecular weight is 357 g/mol. The Labute approximate surface area is 151 Å². The molecule has 0 saturated heterocycles.